The highest BCUT2D eigenvalue weighted by molar-refractivity contribution is 7.79. The number of rotatable bonds is 8. The van der Waals surface area contributed by atoms with Crippen LogP contribution in [0, 0.1) is 0 Å². The summed E-state index contributed by atoms with van der Waals surface area (Å²) in [6.45, 7) is 0. The van der Waals surface area contributed by atoms with E-state index < -0.39 is 0 Å². The Morgan fingerprint density at radius 1 is 0.143 bits per heavy atom. The van der Waals surface area contributed by atoms with Gasteiger partial charge >= 0.3 is 0 Å². The average molecular weight is 891 g/mol. The maximum Gasteiger partial charge on any atom is 0.158 e. The third kappa shape index (κ3) is 21.0. The van der Waals surface area contributed by atoms with Gasteiger partial charge in [-0.05, 0) is 97.1 Å². The molecule has 0 aliphatic rings. The SMILES string of the molecule is [Cl-].[Cl-].[Cl-].[Cl-].c1ccc([SH+]c2ccccc2)cc1.c1ccc([SH+]c2ccccc2)cc1.c1ccc([SH+]c2ccccc2)cc1.c1ccc([SH+]c2ccccc2)cc1. The van der Waals surface area contributed by atoms with Crippen LogP contribution in [0.5, 0.6) is 0 Å². The quantitative estimate of drug-likeness (QED) is 0.146. The zero-order valence-electron chi connectivity index (χ0n) is 30.4. The summed E-state index contributed by atoms with van der Waals surface area (Å²) >= 11 is 5.13. The van der Waals surface area contributed by atoms with E-state index in [0.29, 0.717) is 0 Å². The molecule has 0 aromatic heterocycles. The molecule has 0 aliphatic heterocycles. The van der Waals surface area contributed by atoms with E-state index in [0.717, 1.165) is 0 Å². The summed E-state index contributed by atoms with van der Waals surface area (Å²) in [6.07, 6.45) is 0. The lowest BCUT2D eigenvalue weighted by molar-refractivity contribution is -0.00100. The number of halogens is 4. The molecular weight excluding hydrogens is 847 g/mol. The van der Waals surface area contributed by atoms with Gasteiger partial charge in [-0.3, -0.25) is 0 Å². The lowest BCUT2D eigenvalue weighted by Gasteiger charge is -1.90. The molecule has 0 amide bonds. The maximum atomic E-state index is 2.15. The molecule has 0 atom stereocenters. The minimum atomic E-state index is 0. The highest BCUT2D eigenvalue weighted by Gasteiger charge is 2.06. The predicted octanol–water partition coefficient (Wildman–Crippen LogP) is -0.306. The van der Waals surface area contributed by atoms with Gasteiger partial charge in [0.15, 0.2) is 39.2 Å². The Labute approximate surface area is 375 Å². The van der Waals surface area contributed by atoms with Gasteiger partial charge in [0.2, 0.25) is 0 Å². The molecule has 0 aliphatic carbocycles. The van der Waals surface area contributed by atoms with E-state index in [-0.39, 0.29) is 49.6 Å². The van der Waals surface area contributed by atoms with Crippen LogP contribution in [0.4, 0.5) is 0 Å². The first-order valence-electron chi connectivity index (χ1n) is 17.1. The summed E-state index contributed by atoms with van der Waals surface area (Å²) in [7, 11) is 0. The molecule has 0 saturated heterocycles. The van der Waals surface area contributed by atoms with Crippen molar-refractivity contribution in [2.45, 2.75) is 39.2 Å². The van der Waals surface area contributed by atoms with Gasteiger partial charge in [0.1, 0.15) is 0 Å². The smallest absolute Gasteiger partial charge is 0.158 e. The van der Waals surface area contributed by atoms with Gasteiger partial charge in [0.05, 0.1) is 0 Å². The second-order valence-corrected chi connectivity index (χ2v) is 16.2. The molecule has 8 heteroatoms. The molecule has 0 nitrogen and oxygen atoms in total. The van der Waals surface area contributed by atoms with Crippen molar-refractivity contribution in [1.29, 1.82) is 0 Å². The third-order valence-corrected chi connectivity index (χ3v) is 11.5. The summed E-state index contributed by atoms with van der Waals surface area (Å²) in [5.74, 6) is 0. The van der Waals surface area contributed by atoms with Gasteiger partial charge < -0.3 is 49.6 Å². The van der Waals surface area contributed by atoms with E-state index in [2.05, 4.69) is 194 Å². The number of benzene rings is 8. The van der Waals surface area contributed by atoms with E-state index in [4.69, 9.17) is 0 Å². The Morgan fingerprint density at radius 2 is 0.232 bits per heavy atom. The van der Waals surface area contributed by atoms with Crippen molar-refractivity contribution in [2.24, 2.45) is 0 Å². The van der Waals surface area contributed by atoms with Crippen LogP contribution in [0.3, 0.4) is 0 Å². The Balaban J connectivity index is 0.000000365. The molecule has 288 valence electrons. The second-order valence-electron chi connectivity index (χ2n) is 11.1. The molecular formula is C48H44Cl4S4. The number of hydrogen-bond donors (Lipinski definition) is 0. The molecule has 0 spiro atoms. The summed E-state index contributed by atoms with van der Waals surface area (Å²) in [4.78, 5) is 10.7. The van der Waals surface area contributed by atoms with Crippen molar-refractivity contribution in [2.75, 3.05) is 0 Å². The van der Waals surface area contributed by atoms with Crippen LogP contribution in [-0.2, 0) is 47.0 Å². The summed E-state index contributed by atoms with van der Waals surface area (Å²) < 4.78 is 0. The van der Waals surface area contributed by atoms with E-state index in [1.54, 1.807) is 0 Å². The molecule has 8 aromatic carbocycles. The topological polar surface area (TPSA) is 0 Å². The van der Waals surface area contributed by atoms with Gasteiger partial charge in [-0.2, -0.15) is 0 Å². The van der Waals surface area contributed by atoms with Crippen molar-refractivity contribution in [3.05, 3.63) is 243 Å². The van der Waals surface area contributed by atoms with Crippen molar-refractivity contribution in [3.8, 4) is 0 Å². The molecule has 0 fully saturated rings. The fourth-order valence-electron chi connectivity index (χ4n) is 4.62. The monoisotopic (exact) mass is 888 g/mol. The Morgan fingerprint density at radius 3 is 0.321 bits per heavy atom. The van der Waals surface area contributed by atoms with Crippen LogP contribution >= 0.6 is 0 Å². The highest BCUT2D eigenvalue weighted by Crippen LogP contribution is 2.14. The molecule has 0 radical (unpaired) electrons. The summed E-state index contributed by atoms with van der Waals surface area (Å²) in [5, 5.41) is 0. The normalized spacial score (nSPS) is 9.14. The van der Waals surface area contributed by atoms with Crippen molar-refractivity contribution in [1.82, 2.24) is 0 Å². The molecule has 56 heavy (non-hydrogen) atoms. The first-order valence-corrected chi connectivity index (χ1v) is 20.7. The Hall–Kier alpha value is -3.68. The summed E-state index contributed by atoms with van der Waals surface area (Å²) in [6, 6.07) is 83.9. The largest absolute Gasteiger partial charge is 1.00 e. The fourth-order valence-corrected chi connectivity index (χ4v) is 8.38. The van der Waals surface area contributed by atoms with Crippen LogP contribution in [0.2, 0.25) is 0 Å². The molecule has 0 saturated carbocycles. The fraction of sp³-hybridized carbons (Fsp3) is 0. The summed E-state index contributed by atoms with van der Waals surface area (Å²) in [5.41, 5.74) is 0. The zero-order chi connectivity index (χ0) is 35.7. The third-order valence-electron chi connectivity index (χ3n) is 7.08. The van der Waals surface area contributed by atoms with Crippen molar-refractivity contribution >= 4 is 47.0 Å². The second kappa shape index (κ2) is 31.4. The maximum absolute atomic E-state index is 2.15. The van der Waals surface area contributed by atoms with Gasteiger partial charge in [-0.25, -0.2) is 0 Å². The van der Waals surface area contributed by atoms with Gasteiger partial charge in [-0.1, -0.05) is 146 Å². The first kappa shape index (κ1) is 50.3. The van der Waals surface area contributed by atoms with Gasteiger partial charge in [0.25, 0.3) is 0 Å². The van der Waals surface area contributed by atoms with Crippen LogP contribution in [0.25, 0.3) is 0 Å². The minimum Gasteiger partial charge on any atom is -1.00 e. The molecule has 0 N–H and O–H groups in total. The molecule has 8 aromatic rings. The van der Waals surface area contributed by atoms with Gasteiger partial charge in [0, 0.05) is 47.0 Å². The zero-order valence-corrected chi connectivity index (χ0v) is 37.0. The molecule has 0 unspecified atom stereocenters. The Kier molecular flexibility index (Phi) is 28.2. The number of hydrogen-bond acceptors (Lipinski definition) is 0. The molecule has 8 rings (SSSR count). The van der Waals surface area contributed by atoms with Crippen LogP contribution in [0.15, 0.2) is 282 Å². The van der Waals surface area contributed by atoms with Gasteiger partial charge in [-0.15, -0.1) is 0 Å². The lowest BCUT2D eigenvalue weighted by atomic mass is 10.4. The van der Waals surface area contributed by atoms with Crippen molar-refractivity contribution < 1.29 is 49.6 Å². The minimum absolute atomic E-state index is 0. The van der Waals surface area contributed by atoms with E-state index in [9.17, 15) is 0 Å². The van der Waals surface area contributed by atoms with Crippen LogP contribution in [0.1, 0.15) is 0 Å². The van der Waals surface area contributed by atoms with Crippen molar-refractivity contribution in [3.63, 3.8) is 0 Å². The average Bonchev–Trinajstić information content (AvgIpc) is 3.22. The van der Waals surface area contributed by atoms with E-state index in [1.165, 1.54) is 86.2 Å². The number of thiol groups is 4. The predicted molar refractivity (Wildman–Crippen MR) is 233 cm³/mol. The molecule has 0 bridgehead atoms. The van der Waals surface area contributed by atoms with Crippen LogP contribution < -0.4 is 49.6 Å². The lowest BCUT2D eigenvalue weighted by Crippen LogP contribution is -3.00. The van der Waals surface area contributed by atoms with Crippen LogP contribution in [-0.4, -0.2) is 0 Å². The van der Waals surface area contributed by atoms with E-state index in [1.807, 2.05) is 48.5 Å². The Bertz CT molecular complexity index is 1590. The highest BCUT2D eigenvalue weighted by atomic mass is 35.5. The standard InChI is InChI=1S/4C12H10S.4ClH/c4*1-3-7-11(8-4-1)13-12-9-5-2-6-10-12;;;;/h4*1-10H;4*1H. The van der Waals surface area contributed by atoms with E-state index >= 15 is 0 Å². The molecule has 0 heterocycles. The first-order chi connectivity index (χ1) is 25.8.